The maximum atomic E-state index is 13.1. The van der Waals surface area contributed by atoms with E-state index < -0.39 is 5.60 Å². The van der Waals surface area contributed by atoms with E-state index in [0.29, 0.717) is 11.3 Å². The largest absolute Gasteiger partial charge is 0.444 e. The van der Waals surface area contributed by atoms with Gasteiger partial charge in [-0.3, -0.25) is 9.69 Å². The Hall–Kier alpha value is -1.82. The minimum atomic E-state index is -0.546. The van der Waals surface area contributed by atoms with Crippen LogP contribution in [-0.2, 0) is 4.74 Å². The van der Waals surface area contributed by atoms with Crippen molar-refractivity contribution in [2.75, 3.05) is 0 Å². The molecule has 1 amide bonds. The summed E-state index contributed by atoms with van der Waals surface area (Å²) >= 11 is 3.48. The van der Waals surface area contributed by atoms with E-state index in [1.807, 2.05) is 43.9 Å². The van der Waals surface area contributed by atoms with E-state index in [1.54, 1.807) is 6.07 Å². The normalized spacial score (nSPS) is 25.0. The molecule has 0 bridgehead atoms. The highest BCUT2D eigenvalue weighted by atomic mass is 79.9. The summed E-state index contributed by atoms with van der Waals surface area (Å²) in [5, 5.41) is 0.659. The summed E-state index contributed by atoms with van der Waals surface area (Å²) in [7, 11) is 0. The Labute approximate surface area is 173 Å². The van der Waals surface area contributed by atoms with Gasteiger partial charge in [-0.05, 0) is 64.2 Å². The number of hydrogen-bond donors (Lipinski definition) is 1. The molecule has 150 valence electrons. The van der Waals surface area contributed by atoms with Crippen molar-refractivity contribution in [3.05, 3.63) is 44.7 Å². The van der Waals surface area contributed by atoms with Gasteiger partial charge in [-0.15, -0.1) is 0 Å². The molecule has 0 unspecified atom stereocenters. The van der Waals surface area contributed by atoms with Gasteiger partial charge in [0.15, 0.2) is 5.43 Å². The molecular formula is C22H27BrN2O3. The monoisotopic (exact) mass is 446 g/mol. The number of carbonyl (C=O) groups is 1. The van der Waals surface area contributed by atoms with Gasteiger partial charge in [0.25, 0.3) is 0 Å². The third-order valence-electron chi connectivity index (χ3n) is 5.86. The molecule has 0 spiro atoms. The first-order valence-electron chi connectivity index (χ1n) is 10.1. The number of pyridine rings is 1. The number of fused-ring (bicyclic) bond motifs is 2. The highest BCUT2D eigenvalue weighted by Crippen LogP contribution is 2.46. The predicted molar refractivity (Wildman–Crippen MR) is 113 cm³/mol. The fraction of sp³-hybridized carbons (Fsp3) is 0.545. The van der Waals surface area contributed by atoms with Crippen LogP contribution >= 0.6 is 15.9 Å². The zero-order valence-electron chi connectivity index (χ0n) is 16.6. The number of likely N-dealkylation sites (tertiary alicyclic amines) is 1. The number of nitrogens with one attached hydrogen (secondary N) is 1. The number of ether oxygens (including phenoxy) is 1. The number of rotatable bonds is 1. The third kappa shape index (κ3) is 3.71. The van der Waals surface area contributed by atoms with Gasteiger partial charge in [0.05, 0.1) is 11.6 Å². The molecule has 5 nitrogen and oxygen atoms in total. The summed E-state index contributed by atoms with van der Waals surface area (Å²) in [4.78, 5) is 31.2. The number of benzene rings is 1. The fourth-order valence-corrected chi connectivity index (χ4v) is 5.10. The van der Waals surface area contributed by atoms with Gasteiger partial charge in [0, 0.05) is 27.7 Å². The van der Waals surface area contributed by atoms with E-state index >= 15 is 0 Å². The number of aromatic amines is 1. The standard InChI is InChI=1S/C22H27BrN2O3/c1-22(2,3)28-21(27)25-18-7-5-4-6-13(18)10-19(25)17-12-20(26)15-9-8-14(23)11-16(15)24-17/h8-9,11-13,18-19H,4-7,10H2,1-3H3,(H,24,26)/t13-,18-,19-/m0/s1. The van der Waals surface area contributed by atoms with Crippen LogP contribution in [0, 0.1) is 5.92 Å². The Balaban J connectivity index is 1.76. The zero-order valence-corrected chi connectivity index (χ0v) is 18.2. The van der Waals surface area contributed by atoms with Crippen LogP contribution in [0.3, 0.4) is 0 Å². The minimum absolute atomic E-state index is 0.0183. The Morgan fingerprint density at radius 3 is 2.71 bits per heavy atom. The summed E-state index contributed by atoms with van der Waals surface area (Å²) in [5.74, 6) is 0.466. The van der Waals surface area contributed by atoms with E-state index in [0.717, 1.165) is 41.4 Å². The zero-order chi connectivity index (χ0) is 20.1. The molecule has 3 atom stereocenters. The molecule has 2 heterocycles. The first-order chi connectivity index (χ1) is 13.2. The number of aromatic nitrogens is 1. The molecule has 28 heavy (non-hydrogen) atoms. The second-order valence-electron chi connectivity index (χ2n) is 9.03. The van der Waals surface area contributed by atoms with E-state index in [4.69, 9.17) is 4.74 Å². The quantitative estimate of drug-likeness (QED) is 0.625. The number of carbonyl (C=O) groups excluding carboxylic acids is 1. The number of hydrogen-bond acceptors (Lipinski definition) is 3. The summed E-state index contributed by atoms with van der Waals surface area (Å²) in [5.41, 5.74) is 1.03. The molecule has 2 fully saturated rings. The molecule has 2 aromatic rings. The maximum Gasteiger partial charge on any atom is 0.411 e. The first-order valence-corrected chi connectivity index (χ1v) is 10.9. The van der Waals surface area contributed by atoms with Crippen LogP contribution in [-0.4, -0.2) is 27.6 Å². The van der Waals surface area contributed by atoms with E-state index in [-0.39, 0.29) is 23.6 Å². The molecule has 1 aliphatic carbocycles. The Bertz CT molecular complexity index is 962. The van der Waals surface area contributed by atoms with Gasteiger partial charge in [-0.2, -0.15) is 0 Å². The number of amides is 1. The molecule has 1 aromatic carbocycles. The molecule has 1 aromatic heterocycles. The van der Waals surface area contributed by atoms with Crippen molar-refractivity contribution >= 4 is 32.9 Å². The van der Waals surface area contributed by atoms with Gasteiger partial charge < -0.3 is 9.72 Å². The van der Waals surface area contributed by atoms with Gasteiger partial charge in [-0.1, -0.05) is 28.8 Å². The molecule has 6 heteroatoms. The molecule has 1 saturated heterocycles. The smallest absolute Gasteiger partial charge is 0.411 e. The number of H-pyrrole nitrogens is 1. The van der Waals surface area contributed by atoms with Crippen molar-refractivity contribution in [3.8, 4) is 0 Å². The van der Waals surface area contributed by atoms with Crippen LogP contribution in [0.4, 0.5) is 4.79 Å². The van der Waals surface area contributed by atoms with Gasteiger partial charge in [0.1, 0.15) is 5.60 Å². The summed E-state index contributed by atoms with van der Waals surface area (Å²) in [6.07, 6.45) is 5.07. The Morgan fingerprint density at radius 1 is 1.21 bits per heavy atom. The van der Waals surface area contributed by atoms with Crippen LogP contribution in [0.15, 0.2) is 33.5 Å². The van der Waals surface area contributed by atoms with Crippen molar-refractivity contribution in [2.24, 2.45) is 5.92 Å². The summed E-state index contributed by atoms with van der Waals surface area (Å²) in [6.45, 7) is 5.68. The molecule has 1 N–H and O–H groups in total. The average Bonchev–Trinajstić information content (AvgIpc) is 2.99. The van der Waals surface area contributed by atoms with Crippen molar-refractivity contribution in [1.29, 1.82) is 0 Å². The summed E-state index contributed by atoms with van der Waals surface area (Å²) in [6, 6.07) is 7.31. The summed E-state index contributed by atoms with van der Waals surface area (Å²) < 4.78 is 6.66. The van der Waals surface area contributed by atoms with E-state index in [1.165, 1.54) is 6.42 Å². The lowest BCUT2D eigenvalue weighted by atomic mass is 9.84. The lowest BCUT2D eigenvalue weighted by molar-refractivity contribution is 0.00983. The lowest BCUT2D eigenvalue weighted by Gasteiger charge is -2.35. The molecule has 1 aliphatic heterocycles. The van der Waals surface area contributed by atoms with Crippen LogP contribution in [0.25, 0.3) is 10.9 Å². The fourth-order valence-electron chi connectivity index (χ4n) is 4.74. The lowest BCUT2D eigenvalue weighted by Crippen LogP contribution is -2.43. The van der Waals surface area contributed by atoms with Gasteiger partial charge >= 0.3 is 6.09 Å². The van der Waals surface area contributed by atoms with Gasteiger partial charge in [-0.25, -0.2) is 4.79 Å². The van der Waals surface area contributed by atoms with Crippen molar-refractivity contribution in [2.45, 2.75) is 70.6 Å². The second-order valence-corrected chi connectivity index (χ2v) is 9.95. The maximum absolute atomic E-state index is 13.1. The van der Waals surface area contributed by atoms with Crippen molar-refractivity contribution in [3.63, 3.8) is 0 Å². The first kappa shape index (κ1) is 19.5. The van der Waals surface area contributed by atoms with Crippen LogP contribution in [0.1, 0.15) is 64.6 Å². The van der Waals surface area contributed by atoms with Crippen LogP contribution < -0.4 is 5.43 Å². The van der Waals surface area contributed by atoms with Crippen LogP contribution in [0.2, 0.25) is 0 Å². The minimum Gasteiger partial charge on any atom is -0.444 e. The molecule has 0 radical (unpaired) electrons. The average molecular weight is 447 g/mol. The topological polar surface area (TPSA) is 62.4 Å². The van der Waals surface area contributed by atoms with E-state index in [9.17, 15) is 9.59 Å². The van der Waals surface area contributed by atoms with Crippen LogP contribution in [0.5, 0.6) is 0 Å². The highest BCUT2D eigenvalue weighted by molar-refractivity contribution is 9.10. The predicted octanol–water partition coefficient (Wildman–Crippen LogP) is 5.53. The molecular weight excluding hydrogens is 420 g/mol. The van der Waals surface area contributed by atoms with Crippen molar-refractivity contribution < 1.29 is 9.53 Å². The third-order valence-corrected chi connectivity index (χ3v) is 6.36. The Morgan fingerprint density at radius 2 is 1.96 bits per heavy atom. The molecule has 1 saturated carbocycles. The SMILES string of the molecule is CC(C)(C)OC(=O)N1[C@H](c2cc(=O)c3ccc(Br)cc3[nH]2)C[C@@H]2CCCC[C@@H]21. The Kier molecular flexibility index (Phi) is 5.02. The highest BCUT2D eigenvalue weighted by Gasteiger charge is 2.47. The molecule has 2 aliphatic rings. The van der Waals surface area contributed by atoms with Gasteiger partial charge in [0.2, 0.25) is 0 Å². The second kappa shape index (κ2) is 7.21. The number of halogens is 1. The number of nitrogens with zero attached hydrogens (tertiary/aromatic N) is 1. The van der Waals surface area contributed by atoms with Crippen molar-refractivity contribution in [1.82, 2.24) is 9.88 Å². The van der Waals surface area contributed by atoms with E-state index in [2.05, 4.69) is 20.9 Å². The molecule has 4 rings (SSSR count).